The second-order valence-corrected chi connectivity index (χ2v) is 6.62. The number of carbonyl (C=O) groups is 2. The molecule has 2 N–H and O–H groups in total. The van der Waals surface area contributed by atoms with Crippen LogP contribution < -0.4 is 14.8 Å². The van der Waals surface area contributed by atoms with Crippen molar-refractivity contribution >= 4 is 40.5 Å². The molecule has 0 aromatic heterocycles. The van der Waals surface area contributed by atoms with E-state index in [1.807, 2.05) is 22.6 Å². The number of hydrogen-bond acceptors (Lipinski definition) is 4. The third kappa shape index (κ3) is 5.68. The molecule has 0 unspecified atom stereocenters. The Morgan fingerprint density at radius 3 is 2.59 bits per heavy atom. The van der Waals surface area contributed by atoms with Gasteiger partial charge in [0, 0.05) is 12.5 Å². The second-order valence-electron chi connectivity index (χ2n) is 5.46. The molecule has 0 fully saturated rings. The van der Waals surface area contributed by atoms with E-state index >= 15 is 0 Å². The molecule has 0 aliphatic heterocycles. The summed E-state index contributed by atoms with van der Waals surface area (Å²) >= 11 is 2.01. The molecule has 0 saturated carbocycles. The van der Waals surface area contributed by atoms with Gasteiger partial charge in [-0.2, -0.15) is 0 Å². The lowest BCUT2D eigenvalue weighted by atomic mass is 10.1. The fourth-order valence-corrected chi connectivity index (χ4v) is 3.02. The van der Waals surface area contributed by atoms with Crippen LogP contribution in [0.5, 0.6) is 11.5 Å². The Hall–Kier alpha value is -2.62. The van der Waals surface area contributed by atoms with Gasteiger partial charge in [-0.15, -0.1) is 0 Å². The highest BCUT2D eigenvalue weighted by Crippen LogP contribution is 2.35. The van der Waals surface area contributed by atoms with Crippen LogP contribution in [-0.2, 0) is 16.2 Å². The van der Waals surface area contributed by atoms with Crippen LogP contribution in [0.2, 0.25) is 0 Å². The molecule has 0 heterocycles. The predicted molar refractivity (Wildman–Crippen MR) is 106 cm³/mol. The first-order valence-electron chi connectivity index (χ1n) is 7.78. The van der Waals surface area contributed by atoms with Crippen LogP contribution >= 0.6 is 22.6 Å². The summed E-state index contributed by atoms with van der Waals surface area (Å²) in [5.74, 6) is -1.35. The lowest BCUT2D eigenvalue weighted by molar-refractivity contribution is -0.134. The molecule has 0 spiro atoms. The molecule has 0 aliphatic rings. The highest BCUT2D eigenvalue weighted by molar-refractivity contribution is 14.1. The molecular formula is C19H17FINO5. The van der Waals surface area contributed by atoms with Gasteiger partial charge in [-0.05, 0) is 52.4 Å². The second kappa shape index (κ2) is 9.36. The first-order valence-corrected chi connectivity index (χ1v) is 8.86. The van der Waals surface area contributed by atoms with Crippen molar-refractivity contribution in [1.82, 2.24) is 5.32 Å². The summed E-state index contributed by atoms with van der Waals surface area (Å²) in [5, 5.41) is 11.5. The largest absolute Gasteiger partial charge is 0.493 e. The van der Waals surface area contributed by atoms with Gasteiger partial charge in [0.1, 0.15) is 18.1 Å². The number of rotatable bonds is 7. The number of nitrogens with one attached hydrogen (secondary N) is 1. The van der Waals surface area contributed by atoms with E-state index in [1.165, 1.54) is 26.2 Å². The number of carboxylic acid groups (broad SMARTS) is 1. The van der Waals surface area contributed by atoms with Gasteiger partial charge in [-0.25, -0.2) is 9.18 Å². The average Bonchev–Trinajstić information content (AvgIpc) is 2.60. The van der Waals surface area contributed by atoms with Crippen LogP contribution in [0.3, 0.4) is 0 Å². The van der Waals surface area contributed by atoms with E-state index in [4.69, 9.17) is 9.47 Å². The number of carboxylic acids is 1. The Morgan fingerprint density at radius 2 is 2.00 bits per heavy atom. The number of halogens is 2. The van der Waals surface area contributed by atoms with Gasteiger partial charge in [0.05, 0.1) is 10.7 Å². The van der Waals surface area contributed by atoms with Crippen molar-refractivity contribution in [2.45, 2.75) is 13.5 Å². The molecule has 0 atom stereocenters. The third-order valence-corrected chi connectivity index (χ3v) is 4.24. The molecule has 0 radical (unpaired) electrons. The number of benzene rings is 2. The van der Waals surface area contributed by atoms with Gasteiger partial charge in [0.2, 0.25) is 5.91 Å². The molecule has 6 nitrogen and oxygen atoms in total. The normalized spacial score (nSPS) is 11.0. The molecule has 1 amide bonds. The van der Waals surface area contributed by atoms with Crippen LogP contribution in [0.4, 0.5) is 4.39 Å². The quantitative estimate of drug-likeness (QED) is 0.463. The van der Waals surface area contributed by atoms with Crippen LogP contribution in [0, 0.1) is 9.39 Å². The molecule has 0 aliphatic carbocycles. The number of methoxy groups -OCH3 is 1. The van der Waals surface area contributed by atoms with Crippen LogP contribution in [-0.4, -0.2) is 24.1 Å². The maximum atomic E-state index is 13.8. The van der Waals surface area contributed by atoms with Crippen LogP contribution in [0.25, 0.3) is 6.08 Å². The maximum Gasteiger partial charge on any atom is 0.352 e. The van der Waals surface area contributed by atoms with Crippen LogP contribution in [0.1, 0.15) is 18.1 Å². The van der Waals surface area contributed by atoms with Gasteiger partial charge in [0.15, 0.2) is 11.5 Å². The summed E-state index contributed by atoms with van der Waals surface area (Å²) in [4.78, 5) is 22.4. The average molecular weight is 485 g/mol. The Bertz CT molecular complexity index is 898. The van der Waals surface area contributed by atoms with Gasteiger partial charge >= 0.3 is 5.97 Å². The van der Waals surface area contributed by atoms with E-state index in [0.717, 1.165) is 0 Å². The summed E-state index contributed by atoms with van der Waals surface area (Å²) in [6.07, 6.45) is 1.31. The number of hydrogen-bond donors (Lipinski definition) is 2. The van der Waals surface area contributed by atoms with Crippen molar-refractivity contribution in [3.8, 4) is 11.5 Å². The first kappa shape index (κ1) is 20.7. The first-order chi connectivity index (χ1) is 12.8. The third-order valence-electron chi connectivity index (χ3n) is 3.43. The molecule has 2 aromatic carbocycles. The Morgan fingerprint density at radius 1 is 1.30 bits per heavy atom. The smallest absolute Gasteiger partial charge is 0.352 e. The minimum atomic E-state index is -1.26. The Balaban J connectivity index is 2.32. The van der Waals surface area contributed by atoms with E-state index in [9.17, 15) is 19.1 Å². The number of aliphatic carboxylic acids is 1. The number of carbonyl (C=O) groups excluding carboxylic acids is 1. The van der Waals surface area contributed by atoms with E-state index in [2.05, 4.69) is 5.32 Å². The van der Waals surface area contributed by atoms with Crippen molar-refractivity contribution in [2.24, 2.45) is 0 Å². The van der Waals surface area contributed by atoms with Crippen LogP contribution in [0.15, 0.2) is 42.1 Å². The van der Waals surface area contributed by atoms with E-state index in [1.54, 1.807) is 30.3 Å². The van der Waals surface area contributed by atoms with Crippen molar-refractivity contribution in [3.05, 3.63) is 62.6 Å². The zero-order valence-corrected chi connectivity index (χ0v) is 16.7. The van der Waals surface area contributed by atoms with Gasteiger partial charge < -0.3 is 19.9 Å². The summed E-state index contributed by atoms with van der Waals surface area (Å²) in [6.45, 7) is 1.24. The Labute approximate surface area is 169 Å². The molecule has 2 rings (SSSR count). The SMILES string of the molecule is COc1cc(C=C(NC(C)=O)C(=O)O)cc(I)c1OCc1ccccc1F. The van der Waals surface area contributed by atoms with Crippen molar-refractivity contribution < 1.29 is 28.6 Å². The number of ether oxygens (including phenoxy) is 2. The predicted octanol–water partition coefficient (Wildman–Crippen LogP) is 3.58. The summed E-state index contributed by atoms with van der Waals surface area (Å²) < 4.78 is 25.4. The summed E-state index contributed by atoms with van der Waals surface area (Å²) in [5.41, 5.74) is 0.638. The van der Waals surface area contributed by atoms with E-state index in [0.29, 0.717) is 26.2 Å². The lowest BCUT2D eigenvalue weighted by Gasteiger charge is -2.14. The van der Waals surface area contributed by atoms with Crippen molar-refractivity contribution in [3.63, 3.8) is 0 Å². The molecule has 0 bridgehead atoms. The number of amides is 1. The minimum absolute atomic E-state index is 0.0144. The molecule has 27 heavy (non-hydrogen) atoms. The van der Waals surface area contributed by atoms with E-state index < -0.39 is 11.9 Å². The summed E-state index contributed by atoms with van der Waals surface area (Å²) in [7, 11) is 1.45. The standard InChI is InChI=1S/C19H17FINO5/c1-11(23)22-16(19(24)25)8-12-7-15(21)18(17(9-12)26-2)27-10-13-5-3-4-6-14(13)20/h3-9H,10H2,1-2H3,(H,22,23)(H,24,25). The minimum Gasteiger partial charge on any atom is -0.493 e. The van der Waals surface area contributed by atoms with Crippen molar-refractivity contribution in [1.29, 1.82) is 0 Å². The zero-order valence-electron chi connectivity index (χ0n) is 14.6. The molecule has 8 heteroatoms. The fourth-order valence-electron chi connectivity index (χ4n) is 2.24. The molecule has 2 aromatic rings. The van der Waals surface area contributed by atoms with Crippen molar-refractivity contribution in [2.75, 3.05) is 7.11 Å². The van der Waals surface area contributed by atoms with Gasteiger partial charge in [0.25, 0.3) is 0 Å². The molecule has 142 valence electrons. The lowest BCUT2D eigenvalue weighted by Crippen LogP contribution is -2.24. The summed E-state index contributed by atoms with van der Waals surface area (Å²) in [6, 6.07) is 9.53. The zero-order chi connectivity index (χ0) is 20.0. The van der Waals surface area contributed by atoms with Gasteiger partial charge in [-0.3, -0.25) is 4.79 Å². The topological polar surface area (TPSA) is 84.9 Å². The van der Waals surface area contributed by atoms with Gasteiger partial charge in [-0.1, -0.05) is 18.2 Å². The maximum absolute atomic E-state index is 13.8. The highest BCUT2D eigenvalue weighted by Gasteiger charge is 2.14. The monoisotopic (exact) mass is 485 g/mol. The molecular weight excluding hydrogens is 468 g/mol. The fraction of sp³-hybridized carbons (Fsp3) is 0.158. The highest BCUT2D eigenvalue weighted by atomic mass is 127. The Kier molecular flexibility index (Phi) is 7.17. The van der Waals surface area contributed by atoms with E-state index in [-0.39, 0.29) is 18.1 Å². The molecule has 0 saturated heterocycles.